The fourth-order valence-electron chi connectivity index (χ4n) is 7.95. The van der Waals surface area contributed by atoms with E-state index in [0.29, 0.717) is 0 Å². The van der Waals surface area contributed by atoms with E-state index in [2.05, 4.69) is 140 Å². The van der Waals surface area contributed by atoms with Crippen LogP contribution in [0.25, 0.3) is 70.6 Å². The molecule has 10 rings (SSSR count). The molecule has 1 heteroatoms. The molecule has 8 aromatic rings. The number of fused-ring (bicyclic) bond motifs is 5. The Bertz CT molecular complexity index is 2440. The SMILES string of the molecule is C1=C(c2c3ccccc3c(-c3ccc4ccc5cccc6ccc3c4c56)c3ccccc23)CC2C(=C1)Oc1ccccc12. The molecule has 200 valence electrons. The lowest BCUT2D eigenvalue weighted by Gasteiger charge is -2.23. The molecule has 8 aromatic carbocycles. The van der Waals surface area contributed by atoms with Crippen LogP contribution < -0.4 is 4.74 Å². The van der Waals surface area contributed by atoms with Crippen molar-refractivity contribution in [1.82, 2.24) is 0 Å². The van der Waals surface area contributed by atoms with Gasteiger partial charge in [-0.1, -0.05) is 127 Å². The van der Waals surface area contributed by atoms with Crippen LogP contribution >= 0.6 is 0 Å². The van der Waals surface area contributed by atoms with Crippen molar-refractivity contribution in [1.29, 1.82) is 0 Å². The van der Waals surface area contributed by atoms with Crippen molar-refractivity contribution in [3.8, 4) is 16.9 Å². The molecule has 43 heavy (non-hydrogen) atoms. The molecule has 0 radical (unpaired) electrons. The number of allylic oxidation sites excluding steroid dienone is 4. The molecule has 0 saturated carbocycles. The molecule has 1 nitrogen and oxygen atoms in total. The summed E-state index contributed by atoms with van der Waals surface area (Å²) in [5.41, 5.74) is 6.60. The summed E-state index contributed by atoms with van der Waals surface area (Å²) < 4.78 is 6.25. The number of benzene rings is 8. The van der Waals surface area contributed by atoms with E-state index in [-0.39, 0.29) is 5.92 Å². The fourth-order valence-corrected chi connectivity index (χ4v) is 7.95. The summed E-state index contributed by atoms with van der Waals surface area (Å²) in [7, 11) is 0. The van der Waals surface area contributed by atoms with Gasteiger partial charge in [-0.3, -0.25) is 0 Å². The van der Waals surface area contributed by atoms with Crippen molar-refractivity contribution < 1.29 is 4.74 Å². The fraction of sp³-hybridized carbons (Fsp3) is 0.0476. The highest BCUT2D eigenvalue weighted by Gasteiger charge is 2.33. The monoisotopic (exact) mass is 546 g/mol. The molecule has 0 bridgehead atoms. The largest absolute Gasteiger partial charge is 0.461 e. The van der Waals surface area contributed by atoms with Gasteiger partial charge in [0, 0.05) is 11.5 Å². The van der Waals surface area contributed by atoms with Gasteiger partial charge < -0.3 is 4.74 Å². The van der Waals surface area contributed by atoms with Crippen LogP contribution in [0.1, 0.15) is 23.5 Å². The Morgan fingerprint density at radius 2 is 1.07 bits per heavy atom. The van der Waals surface area contributed by atoms with Crippen LogP contribution in [-0.2, 0) is 0 Å². The van der Waals surface area contributed by atoms with E-state index in [1.807, 2.05) is 0 Å². The van der Waals surface area contributed by atoms with Gasteiger partial charge in [0.1, 0.15) is 11.5 Å². The predicted molar refractivity (Wildman–Crippen MR) is 181 cm³/mol. The molecule has 1 atom stereocenters. The molecule has 2 aliphatic rings. The second-order valence-corrected chi connectivity index (χ2v) is 12.0. The van der Waals surface area contributed by atoms with Crippen molar-refractivity contribution >= 4 is 59.4 Å². The highest BCUT2D eigenvalue weighted by atomic mass is 16.5. The van der Waals surface area contributed by atoms with Crippen molar-refractivity contribution in [3.63, 3.8) is 0 Å². The maximum atomic E-state index is 6.25. The van der Waals surface area contributed by atoms with E-state index in [1.165, 1.54) is 81.7 Å². The summed E-state index contributed by atoms with van der Waals surface area (Å²) in [6.45, 7) is 0. The van der Waals surface area contributed by atoms with Gasteiger partial charge in [-0.15, -0.1) is 0 Å². The molecule has 1 aliphatic heterocycles. The Morgan fingerprint density at radius 3 is 1.81 bits per heavy atom. The zero-order valence-electron chi connectivity index (χ0n) is 23.5. The van der Waals surface area contributed by atoms with Crippen LogP contribution in [0, 0.1) is 0 Å². The molecule has 0 aromatic heterocycles. The molecule has 1 heterocycles. The minimum atomic E-state index is 0.256. The van der Waals surface area contributed by atoms with Gasteiger partial charge in [-0.25, -0.2) is 0 Å². The Labute approximate surface area is 249 Å². The number of rotatable bonds is 2. The third kappa shape index (κ3) is 3.17. The minimum absolute atomic E-state index is 0.256. The summed E-state index contributed by atoms with van der Waals surface area (Å²) >= 11 is 0. The lowest BCUT2D eigenvalue weighted by molar-refractivity contribution is 0.426. The number of para-hydroxylation sites is 1. The number of hydrogen-bond donors (Lipinski definition) is 0. The Hall–Kier alpha value is -5.40. The van der Waals surface area contributed by atoms with Gasteiger partial charge in [-0.05, 0) is 94.7 Å². The van der Waals surface area contributed by atoms with E-state index in [0.717, 1.165) is 17.9 Å². The molecule has 0 N–H and O–H groups in total. The van der Waals surface area contributed by atoms with E-state index in [1.54, 1.807) is 0 Å². The van der Waals surface area contributed by atoms with Crippen LogP contribution in [0.3, 0.4) is 0 Å². The topological polar surface area (TPSA) is 9.23 Å². The molecule has 0 fully saturated rings. The minimum Gasteiger partial charge on any atom is -0.461 e. The van der Waals surface area contributed by atoms with Gasteiger partial charge >= 0.3 is 0 Å². The maximum absolute atomic E-state index is 6.25. The second-order valence-electron chi connectivity index (χ2n) is 12.0. The standard InChI is InChI=1S/C42H26O/c1-3-13-32-30(11-1)40(28-20-23-38-36(24-28)29-10-5-6-15-37(29)43-38)31-12-2-4-14-33(31)42(32)35-22-19-27-17-16-25-8-7-9-26-18-21-34(35)41(27)39(25)26/h1-23,36H,24H2. The van der Waals surface area contributed by atoms with Crippen LogP contribution in [0.5, 0.6) is 5.75 Å². The zero-order chi connectivity index (χ0) is 28.1. The zero-order valence-corrected chi connectivity index (χ0v) is 23.5. The smallest absolute Gasteiger partial charge is 0.130 e. The van der Waals surface area contributed by atoms with Gasteiger partial charge in [0.15, 0.2) is 0 Å². The number of hydrogen-bond acceptors (Lipinski definition) is 1. The van der Waals surface area contributed by atoms with E-state index < -0.39 is 0 Å². The highest BCUT2D eigenvalue weighted by molar-refractivity contribution is 6.28. The normalized spacial score (nSPS) is 16.0. The van der Waals surface area contributed by atoms with E-state index >= 15 is 0 Å². The average molecular weight is 547 g/mol. The van der Waals surface area contributed by atoms with Gasteiger partial charge in [0.25, 0.3) is 0 Å². The average Bonchev–Trinajstić information content (AvgIpc) is 3.44. The van der Waals surface area contributed by atoms with Gasteiger partial charge in [0.05, 0.1) is 0 Å². The van der Waals surface area contributed by atoms with Crippen LogP contribution in [0.15, 0.2) is 145 Å². The van der Waals surface area contributed by atoms with Gasteiger partial charge in [0.2, 0.25) is 0 Å². The van der Waals surface area contributed by atoms with Crippen molar-refractivity contribution in [2.45, 2.75) is 12.3 Å². The molecule has 0 saturated heterocycles. The summed E-state index contributed by atoms with van der Waals surface area (Å²) in [5, 5.41) is 13.1. The van der Waals surface area contributed by atoms with Crippen LogP contribution in [0.2, 0.25) is 0 Å². The first kappa shape index (κ1) is 23.2. The second kappa shape index (κ2) is 8.56. The molecule has 1 unspecified atom stereocenters. The summed E-state index contributed by atoms with van der Waals surface area (Å²) in [6.07, 6.45) is 5.42. The van der Waals surface area contributed by atoms with Crippen LogP contribution in [-0.4, -0.2) is 0 Å². The van der Waals surface area contributed by atoms with Gasteiger partial charge in [-0.2, -0.15) is 0 Å². The summed E-state index contributed by atoms with van der Waals surface area (Å²) in [4.78, 5) is 0. The van der Waals surface area contributed by atoms with Crippen molar-refractivity contribution in [3.05, 3.63) is 156 Å². The van der Waals surface area contributed by atoms with Crippen molar-refractivity contribution in [2.75, 3.05) is 0 Å². The molecule has 0 amide bonds. The number of ether oxygens (including phenoxy) is 1. The predicted octanol–water partition coefficient (Wildman–Crippen LogP) is 11.4. The lowest BCUT2D eigenvalue weighted by atomic mass is 9.79. The Balaban J connectivity index is 1.27. The molecular formula is C42H26O. The van der Waals surface area contributed by atoms with E-state index in [4.69, 9.17) is 4.74 Å². The van der Waals surface area contributed by atoms with Crippen molar-refractivity contribution in [2.24, 2.45) is 0 Å². The molecule has 0 spiro atoms. The third-order valence-corrected chi connectivity index (χ3v) is 9.79. The first-order valence-corrected chi connectivity index (χ1v) is 15.1. The maximum Gasteiger partial charge on any atom is 0.130 e. The van der Waals surface area contributed by atoms with Crippen LogP contribution in [0.4, 0.5) is 0 Å². The highest BCUT2D eigenvalue weighted by Crippen LogP contribution is 2.51. The first-order chi connectivity index (χ1) is 21.3. The Kier molecular flexibility index (Phi) is 4.62. The molecular weight excluding hydrogens is 520 g/mol. The summed E-state index contributed by atoms with van der Waals surface area (Å²) in [5.74, 6) is 2.31. The molecule has 1 aliphatic carbocycles. The Morgan fingerprint density at radius 1 is 0.465 bits per heavy atom. The lowest BCUT2D eigenvalue weighted by Crippen LogP contribution is -2.05. The first-order valence-electron chi connectivity index (χ1n) is 15.1. The quantitative estimate of drug-likeness (QED) is 0.155. The third-order valence-electron chi connectivity index (χ3n) is 9.79. The van der Waals surface area contributed by atoms with E-state index in [9.17, 15) is 0 Å². The summed E-state index contributed by atoms with van der Waals surface area (Å²) in [6, 6.07) is 47.0.